The van der Waals surface area contributed by atoms with Crippen LogP contribution in [0.25, 0.3) is 0 Å². The number of rotatable bonds is 6. The van der Waals surface area contributed by atoms with Crippen LogP contribution in [0.2, 0.25) is 0 Å². The molecule has 6 heteroatoms. The number of anilines is 2. The van der Waals surface area contributed by atoms with Crippen LogP contribution in [0.15, 0.2) is 89.8 Å². The highest BCUT2D eigenvalue weighted by Crippen LogP contribution is 2.22. The van der Waals surface area contributed by atoms with Gasteiger partial charge in [-0.3, -0.25) is 9.10 Å². The van der Waals surface area contributed by atoms with Crippen molar-refractivity contribution in [2.45, 2.75) is 11.3 Å². The lowest BCUT2D eigenvalue weighted by Gasteiger charge is -2.20. The zero-order valence-electron chi connectivity index (χ0n) is 15.8. The van der Waals surface area contributed by atoms with Gasteiger partial charge in [0, 0.05) is 19.8 Å². The van der Waals surface area contributed by atoms with Crippen LogP contribution in [0.3, 0.4) is 0 Å². The molecule has 0 atom stereocenters. The zero-order valence-corrected chi connectivity index (χ0v) is 16.6. The van der Waals surface area contributed by atoms with E-state index in [1.165, 1.54) is 11.4 Å². The quantitative estimate of drug-likeness (QED) is 0.640. The van der Waals surface area contributed by atoms with Crippen molar-refractivity contribution in [1.82, 2.24) is 0 Å². The molecule has 0 aliphatic rings. The van der Waals surface area contributed by atoms with Gasteiger partial charge in [0.15, 0.2) is 0 Å². The minimum absolute atomic E-state index is 0.0378. The largest absolute Gasteiger partial charge is 0.315 e. The number of carbonyl (C=O) groups excluding carboxylic acids is 1. The minimum atomic E-state index is -3.62. The molecule has 0 aliphatic heterocycles. The maximum absolute atomic E-state index is 12.7. The van der Waals surface area contributed by atoms with E-state index < -0.39 is 10.0 Å². The monoisotopic (exact) mass is 394 g/mol. The van der Waals surface area contributed by atoms with Gasteiger partial charge >= 0.3 is 0 Å². The summed E-state index contributed by atoms with van der Waals surface area (Å²) < 4.78 is 26.7. The molecular weight excluding hydrogens is 372 g/mol. The molecule has 0 spiro atoms. The van der Waals surface area contributed by atoms with Gasteiger partial charge in [-0.15, -0.1) is 0 Å². The van der Waals surface area contributed by atoms with E-state index >= 15 is 0 Å². The van der Waals surface area contributed by atoms with E-state index in [-0.39, 0.29) is 17.2 Å². The fourth-order valence-electron chi connectivity index (χ4n) is 2.80. The number of sulfonamides is 1. The van der Waals surface area contributed by atoms with Crippen molar-refractivity contribution in [3.05, 3.63) is 90.5 Å². The van der Waals surface area contributed by atoms with Crippen molar-refractivity contribution in [3.8, 4) is 0 Å². The zero-order chi connectivity index (χ0) is 20.1. The number of hydrogen-bond acceptors (Lipinski definition) is 3. The number of nitrogens with zero attached hydrogens (tertiary/aromatic N) is 2. The average Bonchev–Trinajstić information content (AvgIpc) is 2.74. The fourth-order valence-corrected chi connectivity index (χ4v) is 4.02. The number of carbonyl (C=O) groups is 1. The number of amides is 1. The molecule has 0 unspecified atom stereocenters. The van der Waals surface area contributed by atoms with Crippen LogP contribution in [-0.4, -0.2) is 28.4 Å². The molecule has 0 aliphatic carbocycles. The van der Waals surface area contributed by atoms with Crippen molar-refractivity contribution in [2.24, 2.45) is 0 Å². The number of para-hydroxylation sites is 1. The van der Waals surface area contributed by atoms with Gasteiger partial charge in [0.2, 0.25) is 5.91 Å². The molecule has 3 aromatic rings. The highest BCUT2D eigenvalue weighted by molar-refractivity contribution is 7.92. The lowest BCUT2D eigenvalue weighted by Crippen LogP contribution is -2.28. The van der Waals surface area contributed by atoms with Crippen molar-refractivity contribution in [1.29, 1.82) is 0 Å². The molecule has 28 heavy (non-hydrogen) atoms. The van der Waals surface area contributed by atoms with Crippen LogP contribution in [0.1, 0.15) is 5.56 Å². The normalized spacial score (nSPS) is 11.1. The molecule has 0 heterocycles. The van der Waals surface area contributed by atoms with Crippen LogP contribution in [0, 0.1) is 0 Å². The van der Waals surface area contributed by atoms with E-state index in [1.54, 1.807) is 66.5 Å². The Bertz CT molecular complexity index is 1030. The Kier molecular flexibility index (Phi) is 5.80. The van der Waals surface area contributed by atoms with Crippen molar-refractivity contribution >= 4 is 27.3 Å². The smallest absolute Gasteiger partial charge is 0.264 e. The van der Waals surface area contributed by atoms with E-state index in [1.807, 2.05) is 30.3 Å². The first-order valence-corrected chi connectivity index (χ1v) is 10.3. The summed E-state index contributed by atoms with van der Waals surface area (Å²) in [5, 5.41) is 0. The Morgan fingerprint density at radius 3 is 1.86 bits per heavy atom. The second-order valence-electron chi connectivity index (χ2n) is 6.42. The molecule has 3 aromatic carbocycles. The predicted molar refractivity (Wildman–Crippen MR) is 112 cm³/mol. The molecule has 5 nitrogen and oxygen atoms in total. The summed E-state index contributed by atoms with van der Waals surface area (Å²) in [5.41, 5.74) is 2.19. The number of hydrogen-bond donors (Lipinski definition) is 0. The molecule has 0 bridgehead atoms. The topological polar surface area (TPSA) is 57.7 Å². The summed E-state index contributed by atoms with van der Waals surface area (Å²) in [5.74, 6) is -0.0378. The second-order valence-corrected chi connectivity index (χ2v) is 8.39. The first-order valence-electron chi connectivity index (χ1n) is 8.84. The third-order valence-electron chi connectivity index (χ3n) is 4.57. The molecule has 144 valence electrons. The van der Waals surface area contributed by atoms with E-state index in [9.17, 15) is 13.2 Å². The summed E-state index contributed by atoms with van der Waals surface area (Å²) in [7, 11) is -0.357. The summed E-state index contributed by atoms with van der Waals surface area (Å²) in [6.07, 6.45) is 0.237. The van der Waals surface area contributed by atoms with Gasteiger partial charge in [-0.05, 0) is 42.0 Å². The average molecular weight is 394 g/mol. The first-order chi connectivity index (χ1) is 13.4. The van der Waals surface area contributed by atoms with Gasteiger partial charge in [0.25, 0.3) is 10.0 Å². The second kappa shape index (κ2) is 8.27. The molecule has 0 saturated carbocycles. The lowest BCUT2D eigenvalue weighted by atomic mass is 10.1. The Hall–Kier alpha value is -3.12. The van der Waals surface area contributed by atoms with Crippen LogP contribution < -0.4 is 9.21 Å². The van der Waals surface area contributed by atoms with E-state index in [2.05, 4.69) is 0 Å². The molecule has 0 saturated heterocycles. The van der Waals surface area contributed by atoms with E-state index in [0.29, 0.717) is 5.69 Å². The van der Waals surface area contributed by atoms with Crippen LogP contribution in [-0.2, 0) is 21.2 Å². The van der Waals surface area contributed by atoms with Crippen LogP contribution in [0.5, 0.6) is 0 Å². The van der Waals surface area contributed by atoms with Crippen molar-refractivity contribution in [2.75, 3.05) is 23.3 Å². The van der Waals surface area contributed by atoms with Crippen molar-refractivity contribution in [3.63, 3.8) is 0 Å². The summed E-state index contributed by atoms with van der Waals surface area (Å²) in [4.78, 5) is 14.3. The lowest BCUT2D eigenvalue weighted by molar-refractivity contribution is -0.117. The minimum Gasteiger partial charge on any atom is -0.315 e. The van der Waals surface area contributed by atoms with Gasteiger partial charge in [-0.1, -0.05) is 48.5 Å². The molecule has 0 N–H and O–H groups in total. The summed E-state index contributed by atoms with van der Waals surface area (Å²) in [6.45, 7) is 0. The Morgan fingerprint density at radius 1 is 0.750 bits per heavy atom. The molecule has 0 radical (unpaired) electrons. The maximum Gasteiger partial charge on any atom is 0.264 e. The Labute approximate surface area is 165 Å². The fraction of sp³-hybridized carbons (Fsp3) is 0.136. The van der Waals surface area contributed by atoms with Gasteiger partial charge in [0.1, 0.15) is 0 Å². The van der Waals surface area contributed by atoms with Gasteiger partial charge in [-0.25, -0.2) is 8.42 Å². The van der Waals surface area contributed by atoms with E-state index in [4.69, 9.17) is 0 Å². The Balaban J connectivity index is 1.72. The standard InChI is InChI=1S/C22H22N2O3S/c1-23(19-9-5-3-6-10-19)22(25)17-18-13-15-20(16-14-18)24(2)28(26,27)21-11-7-4-8-12-21/h3-16H,17H2,1-2H3. The van der Waals surface area contributed by atoms with Crippen LogP contribution >= 0.6 is 0 Å². The number of benzene rings is 3. The molecule has 0 aromatic heterocycles. The van der Waals surface area contributed by atoms with Gasteiger partial charge in [-0.2, -0.15) is 0 Å². The molecule has 3 rings (SSSR count). The maximum atomic E-state index is 12.7. The van der Waals surface area contributed by atoms with Gasteiger partial charge in [0.05, 0.1) is 17.0 Å². The van der Waals surface area contributed by atoms with E-state index in [0.717, 1.165) is 11.3 Å². The predicted octanol–water partition coefficient (Wildman–Crippen LogP) is 3.72. The first kappa shape index (κ1) is 19.6. The summed E-state index contributed by atoms with van der Waals surface area (Å²) in [6, 6.07) is 24.7. The summed E-state index contributed by atoms with van der Waals surface area (Å²) >= 11 is 0. The number of likely N-dealkylation sites (N-methyl/N-ethyl adjacent to an activating group) is 1. The molecular formula is C22H22N2O3S. The molecule has 0 fully saturated rings. The van der Waals surface area contributed by atoms with Crippen LogP contribution in [0.4, 0.5) is 11.4 Å². The molecule has 1 amide bonds. The SMILES string of the molecule is CN(C(=O)Cc1ccc(N(C)S(=O)(=O)c2ccccc2)cc1)c1ccccc1. The highest BCUT2D eigenvalue weighted by Gasteiger charge is 2.21. The Morgan fingerprint density at radius 2 is 1.29 bits per heavy atom. The van der Waals surface area contributed by atoms with Gasteiger partial charge < -0.3 is 4.90 Å². The van der Waals surface area contributed by atoms with Crippen molar-refractivity contribution < 1.29 is 13.2 Å². The highest BCUT2D eigenvalue weighted by atomic mass is 32.2. The third-order valence-corrected chi connectivity index (χ3v) is 6.37. The third kappa shape index (κ3) is 4.23.